The number of nitrogens with two attached hydrogens (primary N) is 1. The monoisotopic (exact) mass is 335 g/mol. The Kier molecular flexibility index (Phi) is 3.92. The number of aromatic nitrogens is 2. The van der Waals surface area contributed by atoms with Gasteiger partial charge in [-0.05, 0) is 30.3 Å². The molecule has 0 unspecified atom stereocenters. The second-order valence-electron chi connectivity index (χ2n) is 4.58. The van der Waals surface area contributed by atoms with E-state index in [9.17, 15) is 4.79 Å². The summed E-state index contributed by atoms with van der Waals surface area (Å²) in [6.07, 6.45) is 0. The summed E-state index contributed by atoms with van der Waals surface area (Å²) in [5.74, 6) is 6.52. The van der Waals surface area contributed by atoms with Crippen LogP contribution in [0.25, 0.3) is 10.9 Å². The fraction of sp³-hybridized carbons (Fsp3) is 0.0667. The van der Waals surface area contributed by atoms with Gasteiger partial charge >= 0.3 is 0 Å². The number of hydrogen-bond acceptors (Lipinski definition) is 4. The van der Waals surface area contributed by atoms with Gasteiger partial charge in [0.2, 0.25) is 0 Å². The SMILES string of the molecule is Nn1c(COc2ccc(Cl)cc2Cl)nc2ccccc2c1=O. The third-order valence-electron chi connectivity index (χ3n) is 3.13. The number of halogens is 2. The first-order chi connectivity index (χ1) is 10.6. The minimum Gasteiger partial charge on any atom is -0.484 e. The van der Waals surface area contributed by atoms with Gasteiger partial charge in [0.05, 0.1) is 15.9 Å². The molecule has 2 N–H and O–H groups in total. The van der Waals surface area contributed by atoms with E-state index in [2.05, 4.69) is 4.98 Å². The third-order valence-corrected chi connectivity index (χ3v) is 3.66. The second-order valence-corrected chi connectivity index (χ2v) is 5.43. The fourth-order valence-corrected chi connectivity index (χ4v) is 2.49. The number of para-hydroxylation sites is 1. The number of hydrogen-bond donors (Lipinski definition) is 1. The number of nitrogens with zero attached hydrogens (tertiary/aromatic N) is 2. The summed E-state index contributed by atoms with van der Waals surface area (Å²) in [6, 6.07) is 11.9. The van der Waals surface area contributed by atoms with E-state index in [0.29, 0.717) is 32.5 Å². The molecule has 0 saturated heterocycles. The van der Waals surface area contributed by atoms with Crippen LogP contribution in [-0.4, -0.2) is 9.66 Å². The summed E-state index contributed by atoms with van der Waals surface area (Å²) in [5, 5.41) is 1.34. The number of nitrogen functional groups attached to an aromatic ring is 1. The molecule has 112 valence electrons. The molecule has 0 aliphatic rings. The van der Waals surface area contributed by atoms with E-state index in [0.717, 1.165) is 4.68 Å². The highest BCUT2D eigenvalue weighted by Gasteiger charge is 2.10. The van der Waals surface area contributed by atoms with E-state index in [4.69, 9.17) is 33.8 Å². The highest BCUT2D eigenvalue weighted by atomic mass is 35.5. The molecule has 3 rings (SSSR count). The molecule has 22 heavy (non-hydrogen) atoms. The van der Waals surface area contributed by atoms with E-state index >= 15 is 0 Å². The van der Waals surface area contributed by atoms with Gasteiger partial charge in [0.25, 0.3) is 5.56 Å². The van der Waals surface area contributed by atoms with Crippen LogP contribution in [0.3, 0.4) is 0 Å². The summed E-state index contributed by atoms with van der Waals surface area (Å²) < 4.78 is 6.55. The van der Waals surface area contributed by atoms with Crippen molar-refractivity contribution >= 4 is 34.1 Å². The van der Waals surface area contributed by atoms with Crippen LogP contribution >= 0.6 is 23.2 Å². The highest BCUT2D eigenvalue weighted by molar-refractivity contribution is 6.35. The molecule has 3 aromatic rings. The van der Waals surface area contributed by atoms with Gasteiger partial charge in [-0.2, -0.15) is 0 Å². The Morgan fingerprint density at radius 2 is 1.95 bits per heavy atom. The Hall–Kier alpha value is -2.24. The number of ether oxygens (including phenoxy) is 1. The van der Waals surface area contributed by atoms with Crippen LogP contribution in [-0.2, 0) is 6.61 Å². The lowest BCUT2D eigenvalue weighted by atomic mass is 10.2. The first-order valence-electron chi connectivity index (χ1n) is 6.40. The van der Waals surface area contributed by atoms with Crippen molar-refractivity contribution in [3.8, 4) is 5.75 Å². The molecule has 0 radical (unpaired) electrons. The molecule has 0 amide bonds. The Morgan fingerprint density at radius 3 is 2.73 bits per heavy atom. The molecular formula is C15H11Cl2N3O2. The third kappa shape index (κ3) is 2.73. The minimum absolute atomic E-state index is 0.0118. The van der Waals surface area contributed by atoms with Gasteiger partial charge in [0.15, 0.2) is 5.82 Å². The Bertz CT molecular complexity index is 909. The second kappa shape index (κ2) is 5.87. The van der Waals surface area contributed by atoms with Gasteiger partial charge in [-0.15, -0.1) is 0 Å². The Labute approximate surface area is 135 Å². The van der Waals surface area contributed by atoms with Crippen molar-refractivity contribution in [2.75, 3.05) is 5.84 Å². The lowest BCUT2D eigenvalue weighted by molar-refractivity contribution is 0.291. The van der Waals surface area contributed by atoms with E-state index in [1.807, 2.05) is 0 Å². The predicted molar refractivity (Wildman–Crippen MR) is 86.9 cm³/mol. The van der Waals surface area contributed by atoms with E-state index in [-0.39, 0.29) is 12.2 Å². The molecule has 5 nitrogen and oxygen atoms in total. The molecular weight excluding hydrogens is 325 g/mol. The van der Waals surface area contributed by atoms with Gasteiger partial charge in [0, 0.05) is 5.02 Å². The molecule has 0 atom stereocenters. The first-order valence-corrected chi connectivity index (χ1v) is 7.15. The number of rotatable bonds is 3. The predicted octanol–water partition coefficient (Wildman–Crippen LogP) is 3.00. The number of fused-ring (bicyclic) bond motifs is 1. The van der Waals surface area contributed by atoms with Crippen molar-refractivity contribution in [3.05, 3.63) is 68.7 Å². The summed E-state index contributed by atoms with van der Waals surface area (Å²) in [6.45, 7) is 0.0118. The molecule has 0 aliphatic carbocycles. The van der Waals surface area contributed by atoms with Crippen molar-refractivity contribution in [1.82, 2.24) is 9.66 Å². The van der Waals surface area contributed by atoms with Gasteiger partial charge in [-0.3, -0.25) is 4.79 Å². The Morgan fingerprint density at radius 1 is 1.18 bits per heavy atom. The minimum atomic E-state index is -0.327. The lowest BCUT2D eigenvalue weighted by Crippen LogP contribution is -2.32. The maximum absolute atomic E-state index is 12.2. The molecule has 0 spiro atoms. The largest absolute Gasteiger partial charge is 0.484 e. The van der Waals surface area contributed by atoms with Crippen LogP contribution < -0.4 is 16.1 Å². The topological polar surface area (TPSA) is 70.1 Å². The molecule has 0 aliphatic heterocycles. The maximum atomic E-state index is 12.2. The zero-order chi connectivity index (χ0) is 15.7. The van der Waals surface area contributed by atoms with Crippen LogP contribution in [0.5, 0.6) is 5.75 Å². The van der Waals surface area contributed by atoms with E-state index < -0.39 is 0 Å². The normalized spacial score (nSPS) is 10.8. The summed E-state index contributed by atoms with van der Waals surface area (Å²) >= 11 is 11.9. The van der Waals surface area contributed by atoms with Crippen molar-refractivity contribution in [1.29, 1.82) is 0 Å². The van der Waals surface area contributed by atoms with Crippen LogP contribution in [0, 0.1) is 0 Å². The number of benzene rings is 2. The van der Waals surface area contributed by atoms with E-state index in [1.54, 1.807) is 42.5 Å². The average molecular weight is 336 g/mol. The van der Waals surface area contributed by atoms with Crippen LogP contribution in [0.15, 0.2) is 47.3 Å². The van der Waals surface area contributed by atoms with Crippen molar-refractivity contribution in [2.24, 2.45) is 0 Å². The Balaban J connectivity index is 1.94. The standard InChI is InChI=1S/C15H11Cl2N3O2/c16-9-5-6-13(11(17)7-9)22-8-14-19-12-4-2-1-3-10(12)15(21)20(14)18/h1-7H,8,18H2. The molecule has 2 aromatic carbocycles. The molecule has 1 aromatic heterocycles. The zero-order valence-corrected chi connectivity index (χ0v) is 12.8. The first kappa shape index (κ1) is 14.7. The molecule has 7 heteroatoms. The highest BCUT2D eigenvalue weighted by Crippen LogP contribution is 2.27. The van der Waals surface area contributed by atoms with Crippen LogP contribution in [0.2, 0.25) is 10.0 Å². The van der Waals surface area contributed by atoms with Crippen LogP contribution in [0.1, 0.15) is 5.82 Å². The molecule has 0 bridgehead atoms. The van der Waals surface area contributed by atoms with Gasteiger partial charge in [-0.25, -0.2) is 9.66 Å². The van der Waals surface area contributed by atoms with Gasteiger partial charge in [-0.1, -0.05) is 35.3 Å². The maximum Gasteiger partial charge on any atom is 0.279 e. The molecule has 1 heterocycles. The van der Waals surface area contributed by atoms with Crippen molar-refractivity contribution < 1.29 is 4.74 Å². The molecule has 0 fully saturated rings. The fourth-order valence-electron chi connectivity index (χ4n) is 2.03. The van der Waals surface area contributed by atoms with Gasteiger partial charge in [0.1, 0.15) is 12.4 Å². The quantitative estimate of drug-likeness (QED) is 0.747. The average Bonchev–Trinajstić information content (AvgIpc) is 2.51. The van der Waals surface area contributed by atoms with Crippen LogP contribution in [0.4, 0.5) is 0 Å². The zero-order valence-electron chi connectivity index (χ0n) is 11.3. The van der Waals surface area contributed by atoms with Crippen molar-refractivity contribution in [2.45, 2.75) is 6.61 Å². The summed E-state index contributed by atoms with van der Waals surface area (Å²) in [7, 11) is 0. The molecule has 0 saturated carbocycles. The summed E-state index contributed by atoms with van der Waals surface area (Å²) in [4.78, 5) is 16.5. The van der Waals surface area contributed by atoms with Gasteiger partial charge < -0.3 is 10.6 Å². The lowest BCUT2D eigenvalue weighted by Gasteiger charge is -2.11. The van der Waals surface area contributed by atoms with E-state index in [1.165, 1.54) is 0 Å². The van der Waals surface area contributed by atoms with Crippen molar-refractivity contribution in [3.63, 3.8) is 0 Å². The smallest absolute Gasteiger partial charge is 0.279 e. The summed E-state index contributed by atoms with van der Waals surface area (Å²) in [5.41, 5.74) is 0.237.